The fourth-order valence-electron chi connectivity index (χ4n) is 0.758. The van der Waals surface area contributed by atoms with Crippen molar-refractivity contribution in [3.05, 3.63) is 33.9 Å². The van der Waals surface area contributed by atoms with E-state index in [0.29, 0.717) is 12.3 Å². The second kappa shape index (κ2) is 3.13. The number of carbonyl (C=O) groups is 1. The summed E-state index contributed by atoms with van der Waals surface area (Å²) in [7, 11) is 0. The Kier molecular flexibility index (Phi) is 2.18. The third kappa shape index (κ3) is 1.75. The quantitative estimate of drug-likeness (QED) is 0.526. The van der Waals surface area contributed by atoms with Gasteiger partial charge in [0, 0.05) is 0 Å². The summed E-state index contributed by atoms with van der Waals surface area (Å²) in [4.78, 5) is 23.1. The minimum atomic E-state index is -1.06. The molecule has 2 N–H and O–H groups in total. The van der Waals surface area contributed by atoms with Crippen molar-refractivity contribution in [3.8, 4) is 0 Å². The van der Waals surface area contributed by atoms with Crippen LogP contribution in [0.15, 0.2) is 12.3 Å². The van der Waals surface area contributed by atoms with Crippen LogP contribution in [0.3, 0.4) is 0 Å². The molecule has 7 heteroatoms. The molecule has 0 saturated heterocycles. The first-order valence-corrected chi connectivity index (χ1v) is 3.12. The highest BCUT2D eigenvalue weighted by Gasteiger charge is 2.20. The number of amides is 1. The van der Waals surface area contributed by atoms with Gasteiger partial charge in [0.2, 0.25) is 5.69 Å². The molecule has 0 bridgehead atoms. The van der Waals surface area contributed by atoms with Crippen LogP contribution >= 0.6 is 0 Å². The highest BCUT2D eigenvalue weighted by molar-refractivity contribution is 5.94. The average molecular weight is 185 g/mol. The molecule has 1 aromatic rings. The van der Waals surface area contributed by atoms with Gasteiger partial charge in [0.1, 0.15) is 5.82 Å². The van der Waals surface area contributed by atoms with Gasteiger partial charge in [-0.15, -0.1) is 0 Å². The molecule has 6 nitrogen and oxygen atoms in total. The molecule has 0 unspecified atom stereocenters. The van der Waals surface area contributed by atoms with E-state index in [1.54, 1.807) is 0 Å². The zero-order valence-electron chi connectivity index (χ0n) is 6.23. The molecule has 0 aliphatic rings. The van der Waals surface area contributed by atoms with E-state index in [0.717, 1.165) is 0 Å². The van der Waals surface area contributed by atoms with Crippen LogP contribution < -0.4 is 5.73 Å². The van der Waals surface area contributed by atoms with E-state index >= 15 is 0 Å². The van der Waals surface area contributed by atoms with E-state index in [9.17, 15) is 19.3 Å². The Hall–Kier alpha value is -2.05. The summed E-state index contributed by atoms with van der Waals surface area (Å²) >= 11 is 0. The molecule has 0 fully saturated rings. The smallest absolute Gasteiger partial charge is 0.303 e. The minimum Gasteiger partial charge on any atom is -0.364 e. The number of pyridine rings is 1. The van der Waals surface area contributed by atoms with Crippen molar-refractivity contribution in [1.29, 1.82) is 0 Å². The Morgan fingerprint density at radius 2 is 2.31 bits per heavy atom. The number of primary amides is 1. The van der Waals surface area contributed by atoms with Crippen LogP contribution in [0.5, 0.6) is 0 Å². The molecular formula is C6H4FN3O3. The number of hydrogen-bond donors (Lipinski definition) is 1. The maximum atomic E-state index is 12.5. The molecule has 0 aliphatic carbocycles. The second-order valence-corrected chi connectivity index (χ2v) is 2.14. The fraction of sp³-hybridized carbons (Fsp3) is 0. The molecule has 13 heavy (non-hydrogen) atoms. The van der Waals surface area contributed by atoms with Gasteiger partial charge in [-0.25, -0.2) is 9.37 Å². The van der Waals surface area contributed by atoms with Crippen LogP contribution in [0.4, 0.5) is 10.1 Å². The lowest BCUT2D eigenvalue weighted by Crippen LogP contribution is -2.15. The summed E-state index contributed by atoms with van der Waals surface area (Å²) < 4.78 is 12.5. The third-order valence-electron chi connectivity index (χ3n) is 1.26. The van der Waals surface area contributed by atoms with E-state index in [-0.39, 0.29) is 0 Å². The number of aromatic nitrogens is 1. The Bertz CT molecular complexity index is 379. The molecule has 0 radical (unpaired) electrons. The molecule has 0 aliphatic heterocycles. The molecular weight excluding hydrogens is 181 g/mol. The number of halogens is 1. The summed E-state index contributed by atoms with van der Waals surface area (Å²) in [6.07, 6.45) is 0.688. The predicted octanol–water partition coefficient (Wildman–Crippen LogP) is 0.228. The van der Waals surface area contributed by atoms with Gasteiger partial charge in [-0.05, 0) is 0 Å². The first-order chi connectivity index (χ1) is 6.02. The van der Waals surface area contributed by atoms with Crippen LogP contribution in [0.25, 0.3) is 0 Å². The van der Waals surface area contributed by atoms with Gasteiger partial charge in [0.25, 0.3) is 5.91 Å². The number of hydrogen-bond acceptors (Lipinski definition) is 4. The molecule has 0 saturated carbocycles. The summed E-state index contributed by atoms with van der Waals surface area (Å²) in [5.74, 6) is -1.96. The van der Waals surface area contributed by atoms with Gasteiger partial charge in [-0.3, -0.25) is 14.9 Å². The largest absolute Gasteiger partial charge is 0.364 e. The maximum Gasteiger partial charge on any atom is 0.303 e. The molecule has 0 spiro atoms. The molecule has 1 heterocycles. The van der Waals surface area contributed by atoms with Crippen LogP contribution in [0, 0.1) is 15.9 Å². The van der Waals surface area contributed by atoms with Gasteiger partial charge in [-0.1, -0.05) is 0 Å². The molecule has 0 atom stereocenters. The average Bonchev–Trinajstić information content (AvgIpc) is 2.03. The number of nitrogens with two attached hydrogens (primary N) is 1. The van der Waals surface area contributed by atoms with Crippen molar-refractivity contribution in [2.45, 2.75) is 0 Å². The maximum absolute atomic E-state index is 12.5. The van der Waals surface area contributed by atoms with E-state index < -0.39 is 28.0 Å². The van der Waals surface area contributed by atoms with Crippen molar-refractivity contribution >= 4 is 11.6 Å². The first-order valence-electron chi connectivity index (χ1n) is 3.12. The highest BCUT2D eigenvalue weighted by Crippen LogP contribution is 2.15. The number of nitrogens with zero attached hydrogens (tertiary/aromatic N) is 2. The van der Waals surface area contributed by atoms with Crippen molar-refractivity contribution in [2.75, 3.05) is 0 Å². The van der Waals surface area contributed by atoms with Gasteiger partial charge in [0.05, 0.1) is 17.2 Å². The Labute approximate surface area is 71.3 Å². The second-order valence-electron chi connectivity index (χ2n) is 2.14. The SMILES string of the molecule is NC(=O)c1ncc(F)cc1[N+](=O)[O-]. The van der Waals surface area contributed by atoms with Crippen molar-refractivity contribution in [2.24, 2.45) is 5.73 Å². The molecule has 1 aromatic heterocycles. The van der Waals surface area contributed by atoms with Gasteiger partial charge in [0.15, 0.2) is 0 Å². The lowest BCUT2D eigenvalue weighted by molar-refractivity contribution is -0.385. The summed E-state index contributed by atoms with van der Waals surface area (Å²) in [5, 5.41) is 10.3. The highest BCUT2D eigenvalue weighted by atomic mass is 19.1. The van der Waals surface area contributed by atoms with Crippen molar-refractivity contribution < 1.29 is 14.1 Å². The molecule has 1 amide bonds. The van der Waals surface area contributed by atoms with Crippen LogP contribution in [-0.4, -0.2) is 15.8 Å². The van der Waals surface area contributed by atoms with Gasteiger partial charge in [-0.2, -0.15) is 0 Å². The summed E-state index contributed by atoms with van der Waals surface area (Å²) in [5.41, 5.74) is 3.50. The lowest BCUT2D eigenvalue weighted by atomic mass is 10.3. The Balaban J connectivity index is 3.35. The molecule has 0 aromatic carbocycles. The van der Waals surface area contributed by atoms with Crippen LogP contribution in [0.1, 0.15) is 10.5 Å². The predicted molar refractivity (Wildman–Crippen MR) is 39.4 cm³/mol. The normalized spacial score (nSPS) is 9.62. The number of carbonyl (C=O) groups excluding carboxylic acids is 1. The van der Waals surface area contributed by atoms with Crippen LogP contribution in [0.2, 0.25) is 0 Å². The fourth-order valence-corrected chi connectivity index (χ4v) is 0.758. The summed E-state index contributed by atoms with van der Waals surface area (Å²) in [6, 6.07) is 0.590. The third-order valence-corrected chi connectivity index (χ3v) is 1.26. The van der Waals surface area contributed by atoms with E-state index in [1.807, 2.05) is 0 Å². The van der Waals surface area contributed by atoms with E-state index in [2.05, 4.69) is 4.98 Å². The molecule has 1 rings (SSSR count). The topological polar surface area (TPSA) is 99.1 Å². The summed E-state index contributed by atoms with van der Waals surface area (Å²) in [6.45, 7) is 0. The number of rotatable bonds is 2. The minimum absolute atomic E-state index is 0.550. The zero-order chi connectivity index (χ0) is 10.0. The first kappa shape index (κ1) is 9.04. The Morgan fingerprint density at radius 1 is 1.69 bits per heavy atom. The van der Waals surface area contributed by atoms with Crippen LogP contribution in [-0.2, 0) is 0 Å². The lowest BCUT2D eigenvalue weighted by Gasteiger charge is -1.96. The zero-order valence-corrected chi connectivity index (χ0v) is 6.23. The number of nitro groups is 1. The van der Waals surface area contributed by atoms with E-state index in [1.165, 1.54) is 0 Å². The van der Waals surface area contributed by atoms with E-state index in [4.69, 9.17) is 5.73 Å². The van der Waals surface area contributed by atoms with Gasteiger partial charge < -0.3 is 5.73 Å². The van der Waals surface area contributed by atoms with Crippen molar-refractivity contribution in [3.63, 3.8) is 0 Å². The molecule has 68 valence electrons. The van der Waals surface area contributed by atoms with Crippen molar-refractivity contribution in [1.82, 2.24) is 4.98 Å². The standard InChI is InChI=1S/C6H4FN3O3/c7-3-1-4(10(12)13)5(6(8)11)9-2-3/h1-2H,(H2,8,11). The van der Waals surface area contributed by atoms with Gasteiger partial charge >= 0.3 is 5.69 Å². The Morgan fingerprint density at radius 3 is 2.77 bits per heavy atom. The monoisotopic (exact) mass is 185 g/mol.